The van der Waals surface area contributed by atoms with Crippen molar-refractivity contribution < 1.29 is 56.7 Å². The molecule has 11 heteroatoms. The number of aromatic carboxylic acids is 4. The number of carboxylic acid groups (broad SMARTS) is 4. The van der Waals surface area contributed by atoms with Gasteiger partial charge in [-0.25, -0.2) is 9.59 Å². The summed E-state index contributed by atoms with van der Waals surface area (Å²) in [5, 5.41) is 43.8. The Balaban J connectivity index is 0.000000293. The van der Waals surface area contributed by atoms with Crippen LogP contribution in [0.4, 0.5) is 0 Å². The maximum Gasteiger partial charge on any atom is 2.00 e. The molecule has 221 valence electrons. The van der Waals surface area contributed by atoms with E-state index in [2.05, 4.69) is 26.2 Å². The summed E-state index contributed by atoms with van der Waals surface area (Å²) in [6.45, 7) is 8.54. The Bertz CT molecular complexity index is 1360. The van der Waals surface area contributed by atoms with E-state index >= 15 is 0 Å². The Hall–Kier alpha value is -4.29. The Morgan fingerprint density at radius 3 is 0.791 bits per heavy atom. The van der Waals surface area contributed by atoms with Gasteiger partial charge in [0.25, 0.3) is 0 Å². The number of hydrogen-bond acceptors (Lipinski definition) is 6. The third kappa shape index (κ3) is 8.39. The second-order valence-corrected chi connectivity index (χ2v) is 19.6. The van der Waals surface area contributed by atoms with Crippen molar-refractivity contribution in [2.75, 3.05) is 0 Å². The van der Waals surface area contributed by atoms with Crippen molar-refractivity contribution >= 4 is 60.8 Å². The molecule has 0 aliphatic rings. The van der Waals surface area contributed by atoms with E-state index in [-0.39, 0.29) is 39.3 Å². The fraction of sp³-hybridized carbons (Fsp3) is 0.125. The zero-order valence-electron chi connectivity index (χ0n) is 24.0. The summed E-state index contributed by atoms with van der Waals surface area (Å²) >= 11 is 0. The zero-order chi connectivity index (χ0) is 31.2. The number of hydrogen-bond donors (Lipinski definition) is 2. The molecule has 0 saturated heterocycles. The average Bonchev–Trinajstić information content (AvgIpc) is 2.97. The summed E-state index contributed by atoms with van der Waals surface area (Å²) in [6, 6.07) is 27.2. The van der Waals surface area contributed by atoms with Gasteiger partial charge < -0.3 is 30.0 Å². The first-order chi connectivity index (χ1) is 19.6. The fourth-order valence-corrected chi connectivity index (χ4v) is 9.10. The maximum absolute atomic E-state index is 10.9. The first-order valence-electron chi connectivity index (χ1n) is 13.0. The van der Waals surface area contributed by atoms with E-state index in [0.717, 1.165) is 20.7 Å². The molecule has 0 spiro atoms. The van der Waals surface area contributed by atoms with E-state index in [0.29, 0.717) is 0 Å². The Morgan fingerprint density at radius 2 is 0.628 bits per heavy atom. The van der Waals surface area contributed by atoms with Crippen molar-refractivity contribution in [2.24, 2.45) is 0 Å². The minimum absolute atomic E-state index is 0. The molecule has 0 aliphatic heterocycles. The van der Waals surface area contributed by atoms with Gasteiger partial charge in [-0.2, -0.15) is 0 Å². The largest absolute Gasteiger partial charge is 2.00 e. The van der Waals surface area contributed by atoms with Crippen LogP contribution in [0.25, 0.3) is 0 Å². The van der Waals surface area contributed by atoms with E-state index in [9.17, 15) is 29.4 Å². The third-order valence-corrected chi connectivity index (χ3v) is 14.5. The molecule has 4 rings (SSSR count). The van der Waals surface area contributed by atoms with Gasteiger partial charge in [0.15, 0.2) is 0 Å². The smallest absolute Gasteiger partial charge is 0.545 e. The minimum atomic E-state index is -2.00. The maximum atomic E-state index is 10.9. The van der Waals surface area contributed by atoms with Crippen LogP contribution in [0.3, 0.4) is 0 Å². The van der Waals surface area contributed by atoms with Gasteiger partial charge >= 0.3 is 29.0 Å². The predicted octanol–water partition coefficient (Wildman–Crippen LogP) is 1.14. The monoisotopic (exact) mass is 653 g/mol. The molecule has 0 fully saturated rings. The normalized spacial score (nSPS) is 10.9. The van der Waals surface area contributed by atoms with Crippen LogP contribution in [0.1, 0.15) is 41.4 Å². The molecule has 0 aromatic heterocycles. The van der Waals surface area contributed by atoms with E-state index < -0.39 is 40.0 Å². The van der Waals surface area contributed by atoms with Gasteiger partial charge in [0, 0.05) is 0 Å². The van der Waals surface area contributed by atoms with E-state index in [1.54, 1.807) is 48.5 Å². The number of carbonyl (C=O) groups excluding carboxylic acids is 2. The molecule has 8 nitrogen and oxygen atoms in total. The van der Waals surface area contributed by atoms with Crippen LogP contribution in [-0.4, -0.2) is 50.2 Å². The fourth-order valence-electron chi connectivity index (χ4n) is 4.44. The molecule has 0 heterocycles. The number of rotatable bonds is 8. The molecule has 0 atom stereocenters. The van der Waals surface area contributed by atoms with E-state index in [4.69, 9.17) is 10.2 Å². The van der Waals surface area contributed by atoms with Crippen molar-refractivity contribution in [3.8, 4) is 0 Å². The number of carboxylic acids is 4. The van der Waals surface area contributed by atoms with Crippen LogP contribution in [0.5, 0.6) is 0 Å². The van der Waals surface area contributed by atoms with Gasteiger partial charge in [0.05, 0.1) is 23.1 Å². The van der Waals surface area contributed by atoms with Crippen LogP contribution in [0, 0.1) is 0 Å². The quantitative estimate of drug-likeness (QED) is 0.269. The van der Waals surface area contributed by atoms with Crippen LogP contribution < -0.4 is 31.0 Å². The summed E-state index contributed by atoms with van der Waals surface area (Å²) < 4.78 is 0. The second kappa shape index (κ2) is 14.3. The summed E-state index contributed by atoms with van der Waals surface area (Å²) in [6.07, 6.45) is 0. The first kappa shape index (κ1) is 34.9. The molecule has 0 bridgehead atoms. The van der Waals surface area contributed by atoms with Gasteiger partial charge in [-0.05, 0) is 35.4 Å². The van der Waals surface area contributed by atoms with Crippen LogP contribution in [0.2, 0.25) is 26.2 Å². The van der Waals surface area contributed by atoms with Crippen molar-refractivity contribution in [2.45, 2.75) is 26.2 Å². The van der Waals surface area contributed by atoms with E-state index in [1.807, 2.05) is 24.3 Å². The Morgan fingerprint density at radius 1 is 0.442 bits per heavy atom. The van der Waals surface area contributed by atoms with E-state index in [1.165, 1.54) is 24.3 Å². The average molecular weight is 654 g/mol. The first-order valence-corrected chi connectivity index (χ1v) is 19.0. The van der Waals surface area contributed by atoms with Gasteiger partial charge in [-0.15, -0.1) is 0 Å². The molecule has 0 aliphatic carbocycles. The molecule has 4 aromatic rings. The molecule has 2 N–H and O–H groups in total. The van der Waals surface area contributed by atoms with Crippen molar-refractivity contribution in [3.05, 3.63) is 119 Å². The molecule has 43 heavy (non-hydrogen) atoms. The summed E-state index contributed by atoms with van der Waals surface area (Å²) in [7, 11) is -3.95. The third-order valence-electron chi connectivity index (χ3n) is 7.39. The Labute approximate surface area is 262 Å². The molecule has 0 amide bonds. The Kier molecular flexibility index (Phi) is 11.6. The van der Waals surface area contributed by atoms with Crippen LogP contribution >= 0.6 is 0 Å². The summed E-state index contributed by atoms with van der Waals surface area (Å²) in [4.78, 5) is 43.3. The molecule has 1 radical (unpaired) electrons. The van der Waals surface area contributed by atoms with Crippen LogP contribution in [-0.2, 0) is 17.1 Å². The molecule has 4 aromatic carbocycles. The standard InChI is InChI=1S/2C16H16O4Si.Mn/c2*1-21(2,13-7-3-11(4-8-13)15(17)18)14-9-5-12(6-10-14)16(19)20;/h2*3-10H,1-2H3,(H,17,18)(H,19,20);/q;;+2/p-2. The molecule has 0 saturated carbocycles. The molecular weight excluding hydrogens is 623 g/mol. The van der Waals surface area contributed by atoms with Gasteiger partial charge in [-0.3, -0.25) is 0 Å². The minimum Gasteiger partial charge on any atom is -0.545 e. The number of benzene rings is 4. The summed E-state index contributed by atoms with van der Waals surface area (Å²) in [5.41, 5.74) is 0.834. The molecular formula is C32H30MnO8Si2. The number of carbonyl (C=O) groups is 4. The van der Waals surface area contributed by atoms with Gasteiger partial charge in [0.2, 0.25) is 0 Å². The topological polar surface area (TPSA) is 155 Å². The van der Waals surface area contributed by atoms with Crippen LogP contribution in [0.15, 0.2) is 97.1 Å². The SMILES string of the molecule is C[Si](C)(c1ccc(C(=O)O)cc1)c1ccc(C(=O)O)cc1.C[Si](C)(c1ccc(C(=O)[O-])cc1)c1ccc(C(=O)[O-])cc1.[Mn+2]. The van der Waals surface area contributed by atoms with Crippen molar-refractivity contribution in [1.29, 1.82) is 0 Å². The van der Waals surface area contributed by atoms with Gasteiger partial charge in [-0.1, -0.05) is 120 Å². The zero-order valence-corrected chi connectivity index (χ0v) is 27.1. The van der Waals surface area contributed by atoms with Gasteiger partial charge in [0.1, 0.15) is 16.1 Å². The molecule has 0 unspecified atom stereocenters. The predicted molar refractivity (Wildman–Crippen MR) is 162 cm³/mol. The summed E-state index contributed by atoms with van der Waals surface area (Å²) in [5.74, 6) is -4.27. The van der Waals surface area contributed by atoms with Crippen molar-refractivity contribution in [3.63, 3.8) is 0 Å². The second-order valence-electron chi connectivity index (χ2n) is 10.7. The van der Waals surface area contributed by atoms with Crippen molar-refractivity contribution in [1.82, 2.24) is 0 Å².